The normalized spacial score (nSPS) is 14.0. The third-order valence-electron chi connectivity index (χ3n) is 6.66. The van der Waals surface area contributed by atoms with Crippen LogP contribution in [0.25, 0.3) is 6.08 Å². The number of nitrogens with zero attached hydrogens (tertiary/aromatic N) is 1. The predicted octanol–water partition coefficient (Wildman–Crippen LogP) is 7.63. The number of halogens is 2. The maximum absolute atomic E-state index is 13.5. The van der Waals surface area contributed by atoms with Crippen LogP contribution in [0.2, 0.25) is 5.02 Å². The molecule has 1 heterocycles. The molecular formula is C34H28BrClN2O6. The molecule has 0 saturated carbocycles. The number of ether oxygens (including phenoxy) is 3. The van der Waals surface area contributed by atoms with Crippen LogP contribution in [0.5, 0.6) is 17.2 Å². The van der Waals surface area contributed by atoms with Gasteiger partial charge in [0.2, 0.25) is 0 Å². The van der Waals surface area contributed by atoms with Gasteiger partial charge >= 0.3 is 6.03 Å². The highest BCUT2D eigenvalue weighted by molar-refractivity contribution is 9.10. The number of nitrogens with one attached hydrogen (secondary N) is 1. The van der Waals surface area contributed by atoms with Crippen molar-refractivity contribution in [1.82, 2.24) is 5.32 Å². The Kier molecular flexibility index (Phi) is 9.67. The first-order chi connectivity index (χ1) is 21.2. The van der Waals surface area contributed by atoms with Crippen molar-refractivity contribution < 1.29 is 28.6 Å². The molecule has 0 aromatic heterocycles. The lowest BCUT2D eigenvalue weighted by Gasteiger charge is -2.26. The van der Waals surface area contributed by atoms with Crippen LogP contribution in [-0.4, -0.2) is 24.5 Å². The van der Waals surface area contributed by atoms with E-state index < -0.39 is 17.8 Å². The zero-order valence-electron chi connectivity index (χ0n) is 23.9. The van der Waals surface area contributed by atoms with Gasteiger partial charge in [0.1, 0.15) is 24.5 Å². The van der Waals surface area contributed by atoms with Gasteiger partial charge in [-0.2, -0.15) is 0 Å². The van der Waals surface area contributed by atoms with Crippen molar-refractivity contribution in [2.45, 2.75) is 27.1 Å². The number of amides is 4. The molecule has 0 bridgehead atoms. The first-order valence-electron chi connectivity index (χ1n) is 13.7. The summed E-state index contributed by atoms with van der Waals surface area (Å²) >= 11 is 9.99. The Labute approximate surface area is 268 Å². The monoisotopic (exact) mass is 674 g/mol. The summed E-state index contributed by atoms with van der Waals surface area (Å²) in [6.45, 7) is 4.78. The summed E-state index contributed by atoms with van der Waals surface area (Å²) in [6, 6.07) is 24.5. The van der Waals surface area contributed by atoms with Gasteiger partial charge in [0.25, 0.3) is 11.8 Å². The number of hydrogen-bond donors (Lipinski definition) is 1. The quantitative estimate of drug-likeness (QED) is 0.137. The Morgan fingerprint density at radius 1 is 0.841 bits per heavy atom. The minimum Gasteiger partial charge on any atom is -0.490 e. The lowest BCUT2D eigenvalue weighted by Crippen LogP contribution is -2.54. The van der Waals surface area contributed by atoms with Crippen molar-refractivity contribution in [3.8, 4) is 17.2 Å². The second-order valence-electron chi connectivity index (χ2n) is 9.90. The predicted molar refractivity (Wildman–Crippen MR) is 172 cm³/mol. The average molecular weight is 676 g/mol. The Balaban J connectivity index is 1.35. The highest BCUT2D eigenvalue weighted by Gasteiger charge is 2.37. The van der Waals surface area contributed by atoms with E-state index >= 15 is 0 Å². The number of carbonyl (C=O) groups excluding carboxylic acids is 3. The Bertz CT molecular complexity index is 1720. The molecule has 0 spiro atoms. The van der Waals surface area contributed by atoms with Crippen LogP contribution < -0.4 is 24.4 Å². The van der Waals surface area contributed by atoms with E-state index in [2.05, 4.69) is 21.2 Å². The summed E-state index contributed by atoms with van der Waals surface area (Å²) < 4.78 is 18.6. The van der Waals surface area contributed by atoms with E-state index in [1.54, 1.807) is 36.4 Å². The SMILES string of the molecule is CCOc1cc(/C=C2\C(=O)NC(=O)N(c3ccc(OCc4ccc(Br)cc4)cc3)C2=O)cc(Cl)c1OCc1ccc(C)cc1. The molecule has 1 aliphatic rings. The summed E-state index contributed by atoms with van der Waals surface area (Å²) in [5.41, 5.74) is 3.53. The van der Waals surface area contributed by atoms with Crippen molar-refractivity contribution in [2.75, 3.05) is 11.5 Å². The lowest BCUT2D eigenvalue weighted by molar-refractivity contribution is -0.122. The maximum Gasteiger partial charge on any atom is 0.335 e. The van der Waals surface area contributed by atoms with Crippen LogP contribution in [-0.2, 0) is 22.8 Å². The molecule has 10 heteroatoms. The van der Waals surface area contributed by atoms with Crippen LogP contribution in [0.15, 0.2) is 95.0 Å². The van der Waals surface area contributed by atoms with Crippen LogP contribution >= 0.6 is 27.5 Å². The summed E-state index contributed by atoms with van der Waals surface area (Å²) in [5.74, 6) is -0.351. The van der Waals surface area contributed by atoms with Gasteiger partial charge in [0, 0.05) is 4.47 Å². The molecule has 4 amide bonds. The number of aryl methyl sites for hydroxylation is 1. The number of rotatable bonds is 10. The molecule has 224 valence electrons. The minimum absolute atomic E-state index is 0.241. The number of anilines is 1. The van der Waals surface area contributed by atoms with Crippen LogP contribution in [0.1, 0.15) is 29.2 Å². The van der Waals surface area contributed by atoms with Crippen LogP contribution in [0.3, 0.4) is 0 Å². The number of barbiturate groups is 1. The molecule has 0 aliphatic carbocycles. The number of urea groups is 1. The van der Waals surface area contributed by atoms with Gasteiger partial charge in [-0.3, -0.25) is 14.9 Å². The molecule has 0 atom stereocenters. The van der Waals surface area contributed by atoms with Crippen LogP contribution in [0.4, 0.5) is 10.5 Å². The fourth-order valence-electron chi connectivity index (χ4n) is 4.41. The molecule has 8 nitrogen and oxygen atoms in total. The van der Waals surface area contributed by atoms with E-state index in [0.29, 0.717) is 36.0 Å². The molecule has 1 fully saturated rings. The largest absolute Gasteiger partial charge is 0.490 e. The third-order valence-corrected chi connectivity index (χ3v) is 7.47. The van der Waals surface area contributed by atoms with Gasteiger partial charge in [-0.1, -0.05) is 69.5 Å². The van der Waals surface area contributed by atoms with Crippen molar-refractivity contribution in [3.63, 3.8) is 0 Å². The topological polar surface area (TPSA) is 94.2 Å². The Hall–Kier alpha value is -4.60. The van der Waals surface area contributed by atoms with Gasteiger partial charge in [-0.15, -0.1) is 0 Å². The second kappa shape index (κ2) is 13.8. The lowest BCUT2D eigenvalue weighted by atomic mass is 10.1. The maximum atomic E-state index is 13.5. The smallest absolute Gasteiger partial charge is 0.335 e. The van der Waals surface area contributed by atoms with E-state index in [1.807, 2.05) is 62.4 Å². The van der Waals surface area contributed by atoms with Gasteiger partial charge in [0.15, 0.2) is 11.5 Å². The number of carbonyl (C=O) groups is 3. The molecule has 1 aliphatic heterocycles. The average Bonchev–Trinajstić information content (AvgIpc) is 3.00. The Morgan fingerprint density at radius 2 is 1.48 bits per heavy atom. The fourth-order valence-corrected chi connectivity index (χ4v) is 4.95. The van der Waals surface area contributed by atoms with E-state index in [-0.39, 0.29) is 22.9 Å². The van der Waals surface area contributed by atoms with Crippen LogP contribution in [0, 0.1) is 6.92 Å². The number of benzene rings is 4. The summed E-state index contributed by atoms with van der Waals surface area (Å²) in [4.78, 5) is 39.9. The van der Waals surface area contributed by atoms with E-state index in [4.69, 9.17) is 25.8 Å². The van der Waals surface area contributed by atoms with Gasteiger partial charge in [-0.25, -0.2) is 9.69 Å². The Morgan fingerprint density at radius 3 is 2.14 bits per heavy atom. The molecule has 1 N–H and O–H groups in total. The van der Waals surface area contributed by atoms with Crippen molar-refractivity contribution in [2.24, 2.45) is 0 Å². The second-order valence-corrected chi connectivity index (χ2v) is 11.2. The first kappa shape index (κ1) is 30.8. The summed E-state index contributed by atoms with van der Waals surface area (Å²) in [7, 11) is 0. The van der Waals surface area contributed by atoms with E-state index in [0.717, 1.165) is 26.1 Å². The molecule has 1 saturated heterocycles. The third kappa shape index (κ3) is 7.30. The molecular weight excluding hydrogens is 648 g/mol. The number of hydrogen-bond acceptors (Lipinski definition) is 6. The van der Waals surface area contributed by atoms with E-state index in [9.17, 15) is 14.4 Å². The van der Waals surface area contributed by atoms with Gasteiger partial charge in [0.05, 0.1) is 17.3 Å². The highest BCUT2D eigenvalue weighted by atomic mass is 79.9. The highest BCUT2D eigenvalue weighted by Crippen LogP contribution is 2.38. The number of imide groups is 2. The van der Waals surface area contributed by atoms with Crippen molar-refractivity contribution in [3.05, 3.63) is 122 Å². The van der Waals surface area contributed by atoms with E-state index in [1.165, 1.54) is 6.08 Å². The van der Waals surface area contributed by atoms with Gasteiger partial charge in [-0.05, 0) is 85.1 Å². The molecule has 4 aromatic rings. The first-order valence-corrected chi connectivity index (χ1v) is 14.9. The van der Waals surface area contributed by atoms with Gasteiger partial charge < -0.3 is 14.2 Å². The molecule has 44 heavy (non-hydrogen) atoms. The minimum atomic E-state index is -0.853. The van der Waals surface area contributed by atoms with Crippen molar-refractivity contribution >= 4 is 57.1 Å². The molecule has 0 radical (unpaired) electrons. The standard InChI is InChI=1S/C34H28BrClN2O6/c1-3-42-30-18-24(17-29(36)31(30)44-20-22-6-4-21(2)5-7-22)16-28-32(39)37-34(41)38(33(28)40)26-12-14-27(15-13-26)43-19-23-8-10-25(35)11-9-23/h4-18H,3,19-20H2,1-2H3,(H,37,39,41)/b28-16+. The summed E-state index contributed by atoms with van der Waals surface area (Å²) in [5, 5.41) is 2.48. The zero-order chi connectivity index (χ0) is 31.2. The molecule has 4 aromatic carbocycles. The molecule has 5 rings (SSSR count). The molecule has 0 unspecified atom stereocenters. The van der Waals surface area contributed by atoms with Crippen molar-refractivity contribution in [1.29, 1.82) is 0 Å². The fraction of sp³-hybridized carbons (Fsp3) is 0.147. The summed E-state index contributed by atoms with van der Waals surface area (Å²) in [6.07, 6.45) is 1.37. The zero-order valence-corrected chi connectivity index (χ0v) is 26.3.